The lowest BCUT2D eigenvalue weighted by Gasteiger charge is -2.23. The van der Waals surface area contributed by atoms with Gasteiger partial charge >= 0.3 is 5.91 Å². The first-order valence-corrected chi connectivity index (χ1v) is 10.9. The minimum Gasteiger partial charge on any atom is -0.507 e. The lowest BCUT2D eigenvalue weighted by atomic mass is 9.93. The zero-order valence-corrected chi connectivity index (χ0v) is 19.0. The van der Waals surface area contributed by atoms with Crippen molar-refractivity contribution in [1.29, 1.82) is 0 Å². The smallest absolute Gasteiger partial charge is 0.301 e. The molecule has 1 saturated heterocycles. The summed E-state index contributed by atoms with van der Waals surface area (Å²) in [5, 5.41) is 15.1. The van der Waals surface area contributed by atoms with Crippen LogP contribution in [0.1, 0.15) is 55.2 Å². The van der Waals surface area contributed by atoms with Gasteiger partial charge in [-0.15, -0.1) is 0 Å². The molecule has 1 aromatic heterocycles. The van der Waals surface area contributed by atoms with Gasteiger partial charge in [0.2, 0.25) is 0 Å². The molecule has 4 rings (SSSR count). The normalized spacial score (nSPS) is 17.7. The zero-order chi connectivity index (χ0) is 23.7. The largest absolute Gasteiger partial charge is 0.507 e. The maximum atomic E-state index is 13.1. The van der Waals surface area contributed by atoms with Gasteiger partial charge in [-0.2, -0.15) is 0 Å². The van der Waals surface area contributed by atoms with Crippen LogP contribution in [0.2, 0.25) is 0 Å². The number of ketones is 1. The fourth-order valence-electron chi connectivity index (χ4n) is 3.95. The Hall–Kier alpha value is -3.87. The van der Waals surface area contributed by atoms with E-state index in [4.69, 9.17) is 9.26 Å². The summed E-state index contributed by atoms with van der Waals surface area (Å²) < 4.78 is 10.6. The molecule has 33 heavy (non-hydrogen) atoms. The van der Waals surface area contributed by atoms with Crippen molar-refractivity contribution in [2.45, 2.75) is 39.7 Å². The van der Waals surface area contributed by atoms with Gasteiger partial charge in [0.15, 0.2) is 5.82 Å². The molecule has 1 fully saturated rings. The number of aliphatic hydroxyl groups is 1. The molecule has 1 amide bonds. The SMILES string of the molecule is CCOc1ccc(/C(O)=C2\C(=O)C(=O)N(c3cc(C)on3)[C@H]2c2ccc(C(C)C)cc2)cc1. The van der Waals surface area contributed by atoms with E-state index >= 15 is 0 Å². The first-order chi connectivity index (χ1) is 15.8. The van der Waals surface area contributed by atoms with Crippen molar-refractivity contribution in [2.24, 2.45) is 0 Å². The Labute approximate surface area is 192 Å². The Morgan fingerprint density at radius 2 is 1.79 bits per heavy atom. The van der Waals surface area contributed by atoms with E-state index in [2.05, 4.69) is 19.0 Å². The van der Waals surface area contributed by atoms with E-state index in [1.807, 2.05) is 31.2 Å². The third-order valence-electron chi connectivity index (χ3n) is 5.66. The Morgan fingerprint density at radius 3 is 2.33 bits per heavy atom. The predicted octanol–water partition coefficient (Wildman–Crippen LogP) is 5.13. The van der Waals surface area contributed by atoms with Crippen LogP contribution in [0.25, 0.3) is 5.76 Å². The number of hydrogen-bond acceptors (Lipinski definition) is 6. The highest BCUT2D eigenvalue weighted by atomic mass is 16.5. The number of Topliss-reactive ketones (excluding diaryl/α,β-unsaturated/α-hetero) is 1. The summed E-state index contributed by atoms with van der Waals surface area (Å²) in [5.74, 6) is -0.0998. The van der Waals surface area contributed by atoms with Crippen molar-refractivity contribution in [3.8, 4) is 5.75 Å². The van der Waals surface area contributed by atoms with Crippen LogP contribution in [0.5, 0.6) is 5.75 Å². The average molecular weight is 447 g/mol. The monoisotopic (exact) mass is 446 g/mol. The quantitative estimate of drug-likeness (QED) is 0.320. The van der Waals surface area contributed by atoms with Crippen molar-refractivity contribution in [3.63, 3.8) is 0 Å². The average Bonchev–Trinajstić information content (AvgIpc) is 3.34. The van der Waals surface area contributed by atoms with Crippen molar-refractivity contribution >= 4 is 23.3 Å². The number of nitrogens with zero attached hydrogens (tertiary/aromatic N) is 2. The van der Waals surface area contributed by atoms with Gasteiger partial charge in [0.25, 0.3) is 5.78 Å². The van der Waals surface area contributed by atoms with E-state index in [1.165, 1.54) is 4.90 Å². The molecular weight excluding hydrogens is 420 g/mol. The van der Waals surface area contributed by atoms with Crippen LogP contribution in [0.15, 0.2) is 64.7 Å². The van der Waals surface area contributed by atoms with E-state index in [1.54, 1.807) is 37.3 Å². The van der Waals surface area contributed by atoms with Crippen LogP contribution in [-0.2, 0) is 9.59 Å². The third-order valence-corrected chi connectivity index (χ3v) is 5.66. The fourth-order valence-corrected chi connectivity index (χ4v) is 3.95. The number of anilines is 1. The van der Waals surface area contributed by atoms with Crippen molar-refractivity contribution in [2.75, 3.05) is 11.5 Å². The first-order valence-electron chi connectivity index (χ1n) is 10.9. The summed E-state index contributed by atoms with van der Waals surface area (Å²) in [6.07, 6.45) is 0. The van der Waals surface area contributed by atoms with Crippen LogP contribution in [0.4, 0.5) is 5.82 Å². The molecule has 1 atom stereocenters. The molecular formula is C26H26N2O5. The number of aromatic nitrogens is 1. The Balaban J connectivity index is 1.86. The summed E-state index contributed by atoms with van der Waals surface area (Å²) in [5.41, 5.74) is 2.23. The van der Waals surface area contributed by atoms with Crippen LogP contribution in [0.3, 0.4) is 0 Å². The van der Waals surface area contributed by atoms with Gasteiger partial charge in [-0.1, -0.05) is 43.3 Å². The zero-order valence-electron chi connectivity index (χ0n) is 19.0. The molecule has 1 aliphatic rings. The minimum absolute atomic E-state index is 0.00195. The van der Waals surface area contributed by atoms with Gasteiger partial charge in [0.1, 0.15) is 17.3 Å². The highest BCUT2D eigenvalue weighted by molar-refractivity contribution is 6.51. The number of carbonyl (C=O) groups is 2. The summed E-state index contributed by atoms with van der Waals surface area (Å²) in [6.45, 7) is 8.28. The lowest BCUT2D eigenvalue weighted by molar-refractivity contribution is -0.132. The van der Waals surface area contributed by atoms with E-state index in [9.17, 15) is 14.7 Å². The molecule has 0 unspecified atom stereocenters. The van der Waals surface area contributed by atoms with E-state index in [0.717, 1.165) is 5.56 Å². The maximum absolute atomic E-state index is 13.1. The highest BCUT2D eigenvalue weighted by Crippen LogP contribution is 2.42. The molecule has 7 nitrogen and oxygen atoms in total. The molecule has 1 N–H and O–H groups in total. The molecule has 0 radical (unpaired) electrons. The Bertz CT molecular complexity index is 1210. The number of hydrogen-bond donors (Lipinski definition) is 1. The molecule has 1 aliphatic heterocycles. The maximum Gasteiger partial charge on any atom is 0.301 e. The van der Waals surface area contributed by atoms with E-state index < -0.39 is 17.7 Å². The molecule has 7 heteroatoms. The topological polar surface area (TPSA) is 92.9 Å². The van der Waals surface area contributed by atoms with Crippen molar-refractivity contribution < 1.29 is 24.0 Å². The summed E-state index contributed by atoms with van der Waals surface area (Å²) in [7, 11) is 0. The van der Waals surface area contributed by atoms with Gasteiger partial charge in [-0.25, -0.2) is 0 Å². The van der Waals surface area contributed by atoms with Crippen LogP contribution in [0, 0.1) is 6.92 Å². The molecule has 0 bridgehead atoms. The van der Waals surface area contributed by atoms with Gasteiger partial charge in [-0.05, 0) is 55.2 Å². The number of aryl methyl sites for hydroxylation is 1. The molecule has 3 aromatic rings. The number of aliphatic hydroxyl groups excluding tert-OH is 1. The fraction of sp³-hybridized carbons (Fsp3) is 0.269. The minimum atomic E-state index is -0.845. The van der Waals surface area contributed by atoms with Crippen LogP contribution in [-0.4, -0.2) is 28.6 Å². The van der Waals surface area contributed by atoms with E-state index in [-0.39, 0.29) is 17.2 Å². The standard InChI is InChI=1S/C26H26N2O5/c1-5-32-20-12-10-19(11-13-20)24(29)22-23(18-8-6-17(7-9-18)15(2)3)28(26(31)25(22)30)21-14-16(4)33-27-21/h6-15,23,29H,5H2,1-4H3/b24-22+/t23-/m0/s1. The van der Waals surface area contributed by atoms with Crippen LogP contribution < -0.4 is 9.64 Å². The summed E-state index contributed by atoms with van der Waals surface area (Å²) in [6, 6.07) is 15.2. The summed E-state index contributed by atoms with van der Waals surface area (Å²) >= 11 is 0. The Kier molecular flexibility index (Phi) is 6.05. The van der Waals surface area contributed by atoms with Gasteiger partial charge < -0.3 is 14.4 Å². The molecule has 0 saturated carbocycles. The van der Waals surface area contributed by atoms with E-state index in [0.29, 0.717) is 35.2 Å². The first kappa shape index (κ1) is 22.3. The highest BCUT2D eigenvalue weighted by Gasteiger charge is 2.48. The number of amides is 1. The number of ether oxygens (including phenoxy) is 1. The van der Waals surface area contributed by atoms with Crippen molar-refractivity contribution in [1.82, 2.24) is 5.16 Å². The van der Waals surface area contributed by atoms with Gasteiger partial charge in [0, 0.05) is 11.6 Å². The molecule has 2 heterocycles. The lowest BCUT2D eigenvalue weighted by Crippen LogP contribution is -2.29. The third kappa shape index (κ3) is 4.14. The second-order valence-electron chi connectivity index (χ2n) is 8.24. The number of carbonyl (C=O) groups excluding carboxylic acids is 2. The Morgan fingerprint density at radius 1 is 1.12 bits per heavy atom. The van der Waals surface area contributed by atoms with Crippen LogP contribution >= 0.6 is 0 Å². The molecule has 170 valence electrons. The molecule has 2 aromatic carbocycles. The second-order valence-corrected chi connectivity index (χ2v) is 8.24. The predicted molar refractivity (Wildman–Crippen MR) is 124 cm³/mol. The number of benzene rings is 2. The second kappa shape index (κ2) is 8.94. The van der Waals surface area contributed by atoms with Gasteiger partial charge in [0.05, 0.1) is 18.2 Å². The molecule has 0 spiro atoms. The van der Waals surface area contributed by atoms with Crippen molar-refractivity contribution in [3.05, 3.63) is 82.6 Å². The van der Waals surface area contributed by atoms with Gasteiger partial charge in [-0.3, -0.25) is 14.5 Å². The molecule has 0 aliphatic carbocycles. The summed E-state index contributed by atoms with van der Waals surface area (Å²) in [4.78, 5) is 27.5. The number of rotatable bonds is 6.